The van der Waals surface area contributed by atoms with Gasteiger partial charge in [-0.1, -0.05) is 26.0 Å². The van der Waals surface area contributed by atoms with Gasteiger partial charge in [0.1, 0.15) is 0 Å². The maximum absolute atomic E-state index is 12.6. The molecule has 1 aromatic heterocycles. The standard InChI is InChI=1S/C19H23F3N4O.C2H6/c1-13-4-2-10-26(13)11-3-5-18(27)23-17-12-16(24-25-17)14-6-8-15(9-7-14)19(20,21)22;1-2/h6-9,12-13H,2-5,10-11H2,1H3,(H2,23,24,25,27);1-2H3. The molecular weight excluding hydrogens is 381 g/mol. The molecule has 0 radical (unpaired) electrons. The van der Waals surface area contributed by atoms with Gasteiger partial charge in [0.15, 0.2) is 5.82 Å². The van der Waals surface area contributed by atoms with Gasteiger partial charge in [-0.2, -0.15) is 18.3 Å². The molecule has 1 unspecified atom stereocenters. The Morgan fingerprint density at radius 2 is 1.97 bits per heavy atom. The Bertz CT molecular complexity index is 771. The van der Waals surface area contributed by atoms with Crippen LogP contribution in [0.4, 0.5) is 19.0 Å². The topological polar surface area (TPSA) is 61.0 Å². The normalized spacial score (nSPS) is 17.0. The lowest BCUT2D eigenvalue weighted by molar-refractivity contribution is -0.137. The zero-order valence-electron chi connectivity index (χ0n) is 17.1. The third kappa shape index (κ3) is 6.59. The van der Waals surface area contributed by atoms with Crippen molar-refractivity contribution in [2.24, 2.45) is 0 Å². The van der Waals surface area contributed by atoms with E-state index in [1.165, 1.54) is 25.0 Å². The highest BCUT2D eigenvalue weighted by Gasteiger charge is 2.30. The monoisotopic (exact) mass is 410 g/mol. The van der Waals surface area contributed by atoms with Crippen molar-refractivity contribution in [3.05, 3.63) is 35.9 Å². The molecule has 1 saturated heterocycles. The van der Waals surface area contributed by atoms with Gasteiger partial charge < -0.3 is 10.2 Å². The molecule has 2 N–H and O–H groups in total. The van der Waals surface area contributed by atoms with Gasteiger partial charge in [0, 0.05) is 18.5 Å². The Morgan fingerprint density at radius 3 is 2.55 bits per heavy atom. The second-order valence-corrected chi connectivity index (χ2v) is 6.92. The zero-order chi connectivity index (χ0) is 21.4. The summed E-state index contributed by atoms with van der Waals surface area (Å²) in [5.74, 6) is 0.247. The van der Waals surface area contributed by atoms with Crippen molar-refractivity contribution in [1.82, 2.24) is 15.1 Å². The number of nitrogens with zero attached hydrogens (tertiary/aromatic N) is 2. The molecule has 2 aromatic rings. The summed E-state index contributed by atoms with van der Waals surface area (Å²) in [4.78, 5) is 14.5. The second kappa shape index (κ2) is 10.4. The van der Waals surface area contributed by atoms with Crippen LogP contribution in [0, 0.1) is 0 Å². The van der Waals surface area contributed by atoms with Crippen LogP contribution in [0.1, 0.15) is 52.0 Å². The summed E-state index contributed by atoms with van der Waals surface area (Å²) in [6, 6.07) is 6.99. The van der Waals surface area contributed by atoms with Crippen LogP contribution in [-0.4, -0.2) is 40.1 Å². The number of carbonyl (C=O) groups is 1. The highest BCUT2D eigenvalue weighted by Crippen LogP contribution is 2.31. The summed E-state index contributed by atoms with van der Waals surface area (Å²) in [6.45, 7) is 8.21. The van der Waals surface area contributed by atoms with Crippen molar-refractivity contribution in [1.29, 1.82) is 0 Å². The number of nitrogens with one attached hydrogen (secondary N) is 2. The van der Waals surface area contributed by atoms with Crippen LogP contribution < -0.4 is 5.32 Å². The Labute approximate surface area is 169 Å². The van der Waals surface area contributed by atoms with E-state index in [2.05, 4.69) is 27.3 Å². The molecule has 5 nitrogen and oxygen atoms in total. The van der Waals surface area contributed by atoms with Gasteiger partial charge in [0.05, 0.1) is 11.3 Å². The number of aromatic amines is 1. The first kappa shape index (κ1) is 22.9. The number of amides is 1. The number of likely N-dealkylation sites (tertiary alicyclic amines) is 1. The van der Waals surface area contributed by atoms with E-state index in [1.54, 1.807) is 6.07 Å². The summed E-state index contributed by atoms with van der Waals surface area (Å²) in [5.41, 5.74) is 0.413. The van der Waals surface area contributed by atoms with E-state index in [4.69, 9.17) is 0 Å². The molecule has 1 fully saturated rings. The fourth-order valence-corrected chi connectivity index (χ4v) is 3.35. The summed E-state index contributed by atoms with van der Waals surface area (Å²) in [6.07, 6.45) is -0.740. The molecule has 3 rings (SSSR count). The number of hydrogen-bond donors (Lipinski definition) is 2. The van der Waals surface area contributed by atoms with Crippen LogP contribution >= 0.6 is 0 Å². The van der Waals surface area contributed by atoms with Gasteiger partial charge >= 0.3 is 6.18 Å². The number of carbonyl (C=O) groups excluding carboxylic acids is 1. The van der Waals surface area contributed by atoms with Crippen molar-refractivity contribution >= 4 is 11.7 Å². The first-order chi connectivity index (χ1) is 13.8. The van der Waals surface area contributed by atoms with Crippen molar-refractivity contribution in [3.63, 3.8) is 0 Å². The van der Waals surface area contributed by atoms with Crippen molar-refractivity contribution in [2.75, 3.05) is 18.4 Å². The first-order valence-electron chi connectivity index (χ1n) is 10.1. The quantitative estimate of drug-likeness (QED) is 0.677. The highest BCUT2D eigenvalue weighted by atomic mass is 19.4. The second-order valence-electron chi connectivity index (χ2n) is 6.92. The van der Waals surface area contributed by atoms with Crippen LogP contribution in [0.15, 0.2) is 30.3 Å². The molecule has 1 aliphatic rings. The van der Waals surface area contributed by atoms with Gasteiger partial charge in [-0.15, -0.1) is 0 Å². The number of alkyl halides is 3. The van der Waals surface area contributed by atoms with Gasteiger partial charge in [-0.25, -0.2) is 0 Å². The van der Waals surface area contributed by atoms with Gasteiger partial charge in [-0.05, 0) is 57.0 Å². The maximum atomic E-state index is 12.6. The summed E-state index contributed by atoms with van der Waals surface area (Å²) < 4.78 is 37.9. The van der Waals surface area contributed by atoms with E-state index < -0.39 is 11.7 Å². The Balaban J connectivity index is 0.00000145. The minimum atomic E-state index is -4.36. The lowest BCUT2D eigenvalue weighted by atomic mass is 10.1. The number of halogens is 3. The Morgan fingerprint density at radius 1 is 1.28 bits per heavy atom. The van der Waals surface area contributed by atoms with E-state index >= 15 is 0 Å². The van der Waals surface area contributed by atoms with E-state index in [1.807, 2.05) is 13.8 Å². The number of aromatic nitrogens is 2. The molecule has 29 heavy (non-hydrogen) atoms. The fourth-order valence-electron chi connectivity index (χ4n) is 3.35. The molecule has 1 aromatic carbocycles. The van der Waals surface area contributed by atoms with Gasteiger partial charge in [-0.3, -0.25) is 9.89 Å². The van der Waals surface area contributed by atoms with Crippen LogP contribution in [-0.2, 0) is 11.0 Å². The lowest BCUT2D eigenvalue weighted by Gasteiger charge is -2.20. The highest BCUT2D eigenvalue weighted by molar-refractivity contribution is 5.90. The van der Waals surface area contributed by atoms with Crippen LogP contribution in [0.3, 0.4) is 0 Å². The summed E-state index contributed by atoms with van der Waals surface area (Å²) in [5, 5.41) is 9.47. The molecule has 0 aliphatic carbocycles. The minimum Gasteiger partial charge on any atom is -0.309 e. The fraction of sp³-hybridized carbons (Fsp3) is 0.524. The molecule has 1 amide bonds. The van der Waals surface area contributed by atoms with Crippen molar-refractivity contribution in [3.8, 4) is 11.3 Å². The molecule has 1 aliphatic heterocycles. The molecule has 0 spiro atoms. The summed E-state index contributed by atoms with van der Waals surface area (Å²) in [7, 11) is 0. The Kier molecular flexibility index (Phi) is 8.25. The average molecular weight is 410 g/mol. The summed E-state index contributed by atoms with van der Waals surface area (Å²) >= 11 is 0. The lowest BCUT2D eigenvalue weighted by Crippen LogP contribution is -2.28. The minimum absolute atomic E-state index is 0.118. The van der Waals surface area contributed by atoms with Crippen LogP contribution in [0.25, 0.3) is 11.3 Å². The molecule has 1 atom stereocenters. The molecule has 160 valence electrons. The van der Waals surface area contributed by atoms with E-state index in [9.17, 15) is 18.0 Å². The molecule has 2 heterocycles. The van der Waals surface area contributed by atoms with Crippen molar-refractivity contribution < 1.29 is 18.0 Å². The molecule has 0 bridgehead atoms. The average Bonchev–Trinajstić information content (AvgIpc) is 3.32. The van der Waals surface area contributed by atoms with Crippen LogP contribution in [0.5, 0.6) is 0 Å². The number of hydrogen-bond acceptors (Lipinski definition) is 3. The molecule has 0 saturated carbocycles. The van der Waals surface area contributed by atoms with E-state index in [-0.39, 0.29) is 5.91 Å². The largest absolute Gasteiger partial charge is 0.416 e. The number of benzene rings is 1. The van der Waals surface area contributed by atoms with Crippen LogP contribution in [0.2, 0.25) is 0 Å². The molecule has 8 heteroatoms. The zero-order valence-corrected chi connectivity index (χ0v) is 17.1. The first-order valence-corrected chi connectivity index (χ1v) is 10.1. The van der Waals surface area contributed by atoms with Gasteiger partial charge in [0.25, 0.3) is 0 Å². The van der Waals surface area contributed by atoms with E-state index in [0.717, 1.165) is 31.6 Å². The van der Waals surface area contributed by atoms with Crippen molar-refractivity contribution in [2.45, 2.75) is 58.7 Å². The predicted octanol–water partition coefficient (Wildman–Crippen LogP) is 5.32. The smallest absolute Gasteiger partial charge is 0.309 e. The number of H-pyrrole nitrogens is 1. The predicted molar refractivity (Wildman–Crippen MR) is 109 cm³/mol. The Hall–Kier alpha value is -2.35. The van der Waals surface area contributed by atoms with Gasteiger partial charge in [0.2, 0.25) is 5.91 Å². The molecular formula is C21H29F3N4O. The SMILES string of the molecule is CC.CC1CCCN1CCCC(=O)Nc1cc(-c2ccc(C(F)(F)F)cc2)[nH]n1. The van der Waals surface area contributed by atoms with E-state index in [0.29, 0.717) is 29.5 Å². The third-order valence-corrected chi connectivity index (χ3v) is 4.91. The third-order valence-electron chi connectivity index (χ3n) is 4.91. The number of rotatable bonds is 6. The maximum Gasteiger partial charge on any atom is 0.416 e. The number of anilines is 1.